The number of aryl methyl sites for hydroxylation is 1. The zero-order valence-corrected chi connectivity index (χ0v) is 16.6. The molecule has 3 aromatic rings. The van der Waals surface area contributed by atoms with Crippen molar-refractivity contribution in [1.82, 2.24) is 20.3 Å². The Hall–Kier alpha value is -2.93. The van der Waals surface area contributed by atoms with E-state index in [9.17, 15) is 4.79 Å². The summed E-state index contributed by atoms with van der Waals surface area (Å²) in [6.45, 7) is 4.99. The third kappa shape index (κ3) is 3.70. The first-order valence-electron chi connectivity index (χ1n) is 10.2. The second-order valence-corrected chi connectivity index (χ2v) is 7.98. The van der Waals surface area contributed by atoms with E-state index in [2.05, 4.69) is 32.3 Å². The van der Waals surface area contributed by atoms with E-state index in [0.29, 0.717) is 18.9 Å². The molecule has 0 radical (unpaired) electrons. The molecule has 1 fully saturated rings. The summed E-state index contributed by atoms with van der Waals surface area (Å²) in [5, 5.41) is 4.24. The van der Waals surface area contributed by atoms with E-state index < -0.39 is 0 Å². The van der Waals surface area contributed by atoms with Gasteiger partial charge < -0.3 is 19.9 Å². The molecule has 1 amide bonds. The highest BCUT2D eigenvalue weighted by molar-refractivity contribution is 5.98. The average Bonchev–Trinajstić information content (AvgIpc) is 3.17. The van der Waals surface area contributed by atoms with Crippen LogP contribution in [0.15, 0.2) is 30.5 Å². The first kappa shape index (κ1) is 18.1. The van der Waals surface area contributed by atoms with Gasteiger partial charge in [0, 0.05) is 48.2 Å². The molecule has 29 heavy (non-hydrogen) atoms. The van der Waals surface area contributed by atoms with Gasteiger partial charge in [-0.15, -0.1) is 0 Å². The summed E-state index contributed by atoms with van der Waals surface area (Å²) in [4.78, 5) is 27.5. The van der Waals surface area contributed by atoms with Crippen LogP contribution < -0.4 is 10.2 Å². The van der Waals surface area contributed by atoms with Crippen LogP contribution in [0.4, 0.5) is 5.95 Å². The summed E-state index contributed by atoms with van der Waals surface area (Å²) in [7, 11) is 0. The summed E-state index contributed by atoms with van der Waals surface area (Å²) in [5.74, 6) is 0.694. The molecule has 0 spiro atoms. The molecule has 0 saturated carbocycles. The Labute approximate surface area is 169 Å². The van der Waals surface area contributed by atoms with Crippen LogP contribution in [0, 0.1) is 6.92 Å². The minimum Gasteiger partial charge on any atom is -0.376 e. The Balaban J connectivity index is 1.28. The van der Waals surface area contributed by atoms with Gasteiger partial charge in [-0.3, -0.25) is 4.79 Å². The van der Waals surface area contributed by atoms with Crippen molar-refractivity contribution in [2.75, 3.05) is 24.6 Å². The van der Waals surface area contributed by atoms with E-state index in [1.165, 1.54) is 5.56 Å². The van der Waals surface area contributed by atoms with Crippen molar-refractivity contribution in [2.24, 2.45) is 0 Å². The zero-order chi connectivity index (χ0) is 19.8. The number of aromatic amines is 1. The molecule has 0 aliphatic carbocycles. The predicted molar refractivity (Wildman–Crippen MR) is 111 cm³/mol. The number of nitrogens with one attached hydrogen (secondary N) is 2. The van der Waals surface area contributed by atoms with Crippen LogP contribution in [0.25, 0.3) is 10.9 Å². The molecule has 1 saturated heterocycles. The number of hydrogen-bond acceptors (Lipinski definition) is 5. The van der Waals surface area contributed by atoms with E-state index in [-0.39, 0.29) is 11.9 Å². The summed E-state index contributed by atoms with van der Waals surface area (Å²) >= 11 is 0. The number of piperidine rings is 1. The van der Waals surface area contributed by atoms with E-state index in [1.807, 2.05) is 25.3 Å². The van der Waals surface area contributed by atoms with Crippen molar-refractivity contribution in [3.8, 4) is 0 Å². The van der Waals surface area contributed by atoms with E-state index in [0.717, 1.165) is 60.5 Å². The van der Waals surface area contributed by atoms with Crippen molar-refractivity contribution in [2.45, 2.75) is 38.8 Å². The van der Waals surface area contributed by atoms with E-state index >= 15 is 0 Å². The third-order valence-electron chi connectivity index (χ3n) is 5.74. The Morgan fingerprint density at radius 3 is 3.21 bits per heavy atom. The number of ether oxygens (including phenoxy) is 1. The zero-order valence-electron chi connectivity index (χ0n) is 16.6. The van der Waals surface area contributed by atoms with Crippen molar-refractivity contribution in [3.05, 3.63) is 53.0 Å². The van der Waals surface area contributed by atoms with E-state index in [4.69, 9.17) is 9.72 Å². The van der Waals surface area contributed by atoms with Gasteiger partial charge in [-0.05, 0) is 37.5 Å². The smallest absolute Gasteiger partial charge is 0.268 e. The van der Waals surface area contributed by atoms with Gasteiger partial charge in [0.15, 0.2) is 0 Å². The highest BCUT2D eigenvalue weighted by Gasteiger charge is 2.25. The fourth-order valence-electron chi connectivity index (χ4n) is 4.17. The van der Waals surface area contributed by atoms with Gasteiger partial charge in [0.25, 0.3) is 5.91 Å². The molecule has 1 atom stereocenters. The Bertz CT molecular complexity index is 1060. The van der Waals surface area contributed by atoms with Crippen LogP contribution in [0.2, 0.25) is 0 Å². The van der Waals surface area contributed by atoms with Gasteiger partial charge in [-0.25, -0.2) is 9.97 Å². The fraction of sp³-hybridized carbons (Fsp3) is 0.409. The lowest BCUT2D eigenvalue weighted by Gasteiger charge is -2.33. The molecular formula is C22H25N5O2. The number of anilines is 1. The number of H-pyrrole nitrogens is 1. The monoisotopic (exact) mass is 391 g/mol. The number of amides is 1. The number of carbonyl (C=O) groups excluding carboxylic acids is 1. The Morgan fingerprint density at radius 1 is 1.34 bits per heavy atom. The SMILES string of the molecule is Cc1ccc2cc(C(=O)N[C@H]3CCCN(c4ncc5c(n4)CCOC5)C3)[nH]c2c1. The Kier molecular flexibility index (Phi) is 4.67. The third-order valence-corrected chi connectivity index (χ3v) is 5.74. The van der Waals surface area contributed by atoms with Gasteiger partial charge in [0.2, 0.25) is 5.95 Å². The molecule has 7 heteroatoms. The number of aromatic nitrogens is 3. The average molecular weight is 391 g/mol. The summed E-state index contributed by atoms with van der Waals surface area (Å²) in [5.41, 5.74) is 4.93. The van der Waals surface area contributed by atoms with Crippen LogP contribution in [-0.4, -0.2) is 46.6 Å². The number of hydrogen-bond donors (Lipinski definition) is 2. The van der Waals surface area contributed by atoms with Crippen LogP contribution >= 0.6 is 0 Å². The molecule has 150 valence electrons. The number of benzene rings is 1. The molecule has 1 aromatic carbocycles. The van der Waals surface area contributed by atoms with Gasteiger partial charge in [0.1, 0.15) is 5.69 Å². The van der Waals surface area contributed by atoms with Crippen LogP contribution in [0.3, 0.4) is 0 Å². The molecule has 4 heterocycles. The van der Waals surface area contributed by atoms with Crippen LogP contribution in [0.5, 0.6) is 0 Å². The first-order chi connectivity index (χ1) is 14.2. The lowest BCUT2D eigenvalue weighted by Crippen LogP contribution is -2.48. The summed E-state index contributed by atoms with van der Waals surface area (Å²) in [6, 6.07) is 8.15. The van der Waals surface area contributed by atoms with Gasteiger partial charge in [-0.2, -0.15) is 0 Å². The maximum Gasteiger partial charge on any atom is 0.268 e. The summed E-state index contributed by atoms with van der Waals surface area (Å²) < 4.78 is 5.47. The van der Waals surface area contributed by atoms with Crippen LogP contribution in [0.1, 0.15) is 40.2 Å². The number of rotatable bonds is 3. The molecule has 5 rings (SSSR count). The minimum absolute atomic E-state index is 0.0609. The van der Waals surface area contributed by atoms with Crippen molar-refractivity contribution in [1.29, 1.82) is 0 Å². The Morgan fingerprint density at radius 2 is 2.28 bits per heavy atom. The predicted octanol–water partition coefficient (Wildman–Crippen LogP) is 2.74. The topological polar surface area (TPSA) is 83.1 Å². The second-order valence-electron chi connectivity index (χ2n) is 7.98. The number of nitrogens with zero attached hydrogens (tertiary/aromatic N) is 3. The molecule has 0 unspecified atom stereocenters. The molecule has 0 bridgehead atoms. The van der Waals surface area contributed by atoms with Crippen molar-refractivity contribution >= 4 is 22.8 Å². The van der Waals surface area contributed by atoms with Gasteiger partial charge in [-0.1, -0.05) is 12.1 Å². The molecule has 2 N–H and O–H groups in total. The van der Waals surface area contributed by atoms with Gasteiger partial charge in [0.05, 0.1) is 18.9 Å². The molecular weight excluding hydrogens is 366 g/mol. The molecule has 2 aromatic heterocycles. The highest BCUT2D eigenvalue weighted by Crippen LogP contribution is 2.21. The number of fused-ring (bicyclic) bond motifs is 2. The quantitative estimate of drug-likeness (QED) is 0.717. The maximum atomic E-state index is 12.8. The first-order valence-corrected chi connectivity index (χ1v) is 10.2. The molecule has 2 aliphatic rings. The summed E-state index contributed by atoms with van der Waals surface area (Å²) in [6.07, 6.45) is 4.67. The highest BCUT2D eigenvalue weighted by atomic mass is 16.5. The fourth-order valence-corrected chi connectivity index (χ4v) is 4.17. The molecule has 7 nitrogen and oxygen atoms in total. The lowest BCUT2D eigenvalue weighted by molar-refractivity contribution is 0.0928. The largest absolute Gasteiger partial charge is 0.376 e. The second kappa shape index (κ2) is 7.48. The molecule has 2 aliphatic heterocycles. The number of carbonyl (C=O) groups is 1. The van der Waals surface area contributed by atoms with Crippen molar-refractivity contribution in [3.63, 3.8) is 0 Å². The van der Waals surface area contributed by atoms with E-state index in [1.54, 1.807) is 0 Å². The van der Waals surface area contributed by atoms with Crippen molar-refractivity contribution < 1.29 is 9.53 Å². The standard InChI is InChI=1S/C22H25N5O2/c1-14-4-5-15-10-20(25-19(15)9-14)21(28)24-17-3-2-7-27(12-17)22-23-11-16-13-29-8-6-18(16)26-22/h4-5,9-11,17,25H,2-3,6-8,12-13H2,1H3,(H,24,28)/t17-/m0/s1. The van der Waals surface area contributed by atoms with Gasteiger partial charge >= 0.3 is 0 Å². The lowest BCUT2D eigenvalue weighted by atomic mass is 10.1. The minimum atomic E-state index is -0.0609. The maximum absolute atomic E-state index is 12.8. The normalized spacial score (nSPS) is 19.2. The van der Waals surface area contributed by atoms with Crippen LogP contribution in [-0.2, 0) is 17.8 Å².